The first-order valence-electron chi connectivity index (χ1n) is 8.77. The number of hydrogen-bond donors (Lipinski definition) is 0. The van der Waals surface area contributed by atoms with E-state index < -0.39 is 0 Å². The molecule has 4 rings (SSSR count). The number of amides is 1. The van der Waals surface area contributed by atoms with E-state index in [9.17, 15) is 4.79 Å². The van der Waals surface area contributed by atoms with Crippen molar-refractivity contribution in [2.45, 2.75) is 25.9 Å². The van der Waals surface area contributed by atoms with Gasteiger partial charge in [0.2, 0.25) is 5.88 Å². The predicted octanol–water partition coefficient (Wildman–Crippen LogP) is 1.44. The number of likely N-dealkylation sites (tertiary alicyclic amines) is 1. The van der Waals surface area contributed by atoms with Crippen LogP contribution in [0.1, 0.15) is 29.0 Å². The number of carbonyl (C=O) groups excluding carboxylic acids is 1. The minimum absolute atomic E-state index is 0.00278. The van der Waals surface area contributed by atoms with Crippen LogP contribution in [-0.4, -0.2) is 59.9 Å². The minimum atomic E-state index is -0.0932. The summed E-state index contributed by atoms with van der Waals surface area (Å²) in [4.78, 5) is 22.6. The largest absolute Gasteiger partial charge is 0.473 e. The van der Waals surface area contributed by atoms with E-state index in [-0.39, 0.29) is 12.0 Å². The van der Waals surface area contributed by atoms with Crippen LogP contribution in [0.25, 0.3) is 5.82 Å². The zero-order valence-corrected chi connectivity index (χ0v) is 14.9. The molecule has 138 valence electrons. The Labute approximate surface area is 156 Å². The second kappa shape index (κ2) is 7.48. The van der Waals surface area contributed by atoms with E-state index in [1.807, 2.05) is 19.1 Å². The number of carbonyl (C=O) groups is 1. The zero-order valence-electron chi connectivity index (χ0n) is 14.9. The molecule has 9 heteroatoms. The van der Waals surface area contributed by atoms with Gasteiger partial charge in [-0.2, -0.15) is 5.10 Å². The van der Waals surface area contributed by atoms with Crippen molar-refractivity contribution in [3.63, 3.8) is 0 Å². The fourth-order valence-corrected chi connectivity index (χ4v) is 2.91. The van der Waals surface area contributed by atoms with Gasteiger partial charge in [0.05, 0.1) is 11.9 Å². The van der Waals surface area contributed by atoms with E-state index in [0.717, 1.165) is 18.5 Å². The maximum absolute atomic E-state index is 12.5. The summed E-state index contributed by atoms with van der Waals surface area (Å²) in [6.45, 7) is 3.06. The third-order valence-electron chi connectivity index (χ3n) is 4.38. The molecule has 1 aliphatic rings. The maximum Gasteiger partial charge on any atom is 0.274 e. The molecular weight excluding hydrogens is 346 g/mol. The first-order chi connectivity index (χ1) is 13.2. The molecule has 9 nitrogen and oxygen atoms in total. The monoisotopic (exact) mass is 365 g/mol. The highest BCUT2D eigenvalue weighted by molar-refractivity contribution is 5.92. The summed E-state index contributed by atoms with van der Waals surface area (Å²) in [6.07, 6.45) is 8.08. The van der Waals surface area contributed by atoms with E-state index in [0.29, 0.717) is 30.5 Å². The van der Waals surface area contributed by atoms with Crippen molar-refractivity contribution in [3.8, 4) is 11.7 Å². The Kier molecular flexibility index (Phi) is 4.73. The summed E-state index contributed by atoms with van der Waals surface area (Å²) in [5.41, 5.74) is 1.17. The molecule has 0 spiro atoms. The lowest BCUT2D eigenvalue weighted by Crippen LogP contribution is -2.42. The van der Waals surface area contributed by atoms with Crippen LogP contribution in [0.15, 0.2) is 43.0 Å². The Morgan fingerprint density at radius 2 is 2.00 bits per heavy atom. The van der Waals surface area contributed by atoms with Crippen molar-refractivity contribution in [2.24, 2.45) is 0 Å². The third kappa shape index (κ3) is 3.91. The molecule has 1 fully saturated rings. The highest BCUT2D eigenvalue weighted by Gasteiger charge is 2.25. The van der Waals surface area contributed by atoms with Crippen molar-refractivity contribution in [2.75, 3.05) is 13.1 Å². The van der Waals surface area contributed by atoms with Crippen molar-refractivity contribution >= 4 is 5.91 Å². The first-order valence-corrected chi connectivity index (χ1v) is 8.77. The SMILES string of the molecule is Cc1cnc(C(=O)N2CCC(Oc3ccc(-n4cccn4)nn3)CC2)cn1. The summed E-state index contributed by atoms with van der Waals surface area (Å²) >= 11 is 0. The molecule has 1 aliphatic heterocycles. The predicted molar refractivity (Wildman–Crippen MR) is 95.5 cm³/mol. The number of piperidine rings is 1. The molecule has 3 aromatic rings. The Morgan fingerprint density at radius 3 is 2.63 bits per heavy atom. The molecule has 0 atom stereocenters. The van der Waals surface area contributed by atoms with Gasteiger partial charge in [0.15, 0.2) is 5.82 Å². The number of ether oxygens (including phenoxy) is 1. The van der Waals surface area contributed by atoms with Crippen LogP contribution in [0, 0.1) is 6.92 Å². The summed E-state index contributed by atoms with van der Waals surface area (Å²) < 4.78 is 7.54. The molecule has 27 heavy (non-hydrogen) atoms. The molecule has 1 saturated heterocycles. The molecule has 0 radical (unpaired) electrons. The fraction of sp³-hybridized carbons (Fsp3) is 0.333. The second-order valence-corrected chi connectivity index (χ2v) is 6.33. The molecule has 0 bridgehead atoms. The average Bonchev–Trinajstić information content (AvgIpc) is 3.24. The van der Waals surface area contributed by atoms with Gasteiger partial charge in [0, 0.05) is 50.6 Å². The van der Waals surface area contributed by atoms with Gasteiger partial charge in [-0.3, -0.25) is 9.78 Å². The second-order valence-electron chi connectivity index (χ2n) is 6.33. The lowest BCUT2D eigenvalue weighted by atomic mass is 10.1. The minimum Gasteiger partial charge on any atom is -0.473 e. The van der Waals surface area contributed by atoms with Gasteiger partial charge in [-0.05, 0) is 19.1 Å². The van der Waals surface area contributed by atoms with Gasteiger partial charge >= 0.3 is 0 Å². The molecule has 0 saturated carbocycles. The summed E-state index contributed by atoms with van der Waals surface area (Å²) in [5.74, 6) is 1.01. The molecule has 1 amide bonds. The third-order valence-corrected chi connectivity index (χ3v) is 4.38. The zero-order chi connectivity index (χ0) is 18.6. The molecule has 0 aliphatic carbocycles. The number of aromatic nitrogens is 6. The van der Waals surface area contributed by atoms with Crippen molar-refractivity contribution in [3.05, 3.63) is 54.4 Å². The molecule has 4 heterocycles. The molecule has 0 aromatic carbocycles. The Bertz CT molecular complexity index is 886. The van der Waals surface area contributed by atoms with Crippen LogP contribution >= 0.6 is 0 Å². The average molecular weight is 365 g/mol. The van der Waals surface area contributed by atoms with Gasteiger partial charge in [0.25, 0.3) is 5.91 Å². The summed E-state index contributed by atoms with van der Waals surface area (Å²) in [6, 6.07) is 5.41. The van der Waals surface area contributed by atoms with E-state index in [1.165, 1.54) is 6.20 Å². The van der Waals surface area contributed by atoms with Crippen LogP contribution in [0.2, 0.25) is 0 Å². The van der Waals surface area contributed by atoms with Gasteiger partial charge in [-0.25, -0.2) is 9.67 Å². The number of hydrogen-bond acceptors (Lipinski definition) is 7. The van der Waals surface area contributed by atoms with Crippen LogP contribution in [0.3, 0.4) is 0 Å². The van der Waals surface area contributed by atoms with E-state index >= 15 is 0 Å². The van der Waals surface area contributed by atoms with Gasteiger partial charge in [0.1, 0.15) is 11.8 Å². The molecular formula is C18H19N7O2. The summed E-state index contributed by atoms with van der Waals surface area (Å²) in [7, 11) is 0. The lowest BCUT2D eigenvalue weighted by Gasteiger charge is -2.31. The van der Waals surface area contributed by atoms with Gasteiger partial charge in [-0.15, -0.1) is 10.2 Å². The smallest absolute Gasteiger partial charge is 0.274 e. The van der Waals surface area contributed by atoms with E-state index in [4.69, 9.17) is 4.74 Å². The quantitative estimate of drug-likeness (QED) is 0.690. The molecule has 0 unspecified atom stereocenters. The van der Waals surface area contributed by atoms with Gasteiger partial charge < -0.3 is 9.64 Å². The topological polar surface area (TPSA) is 98.9 Å². The highest BCUT2D eigenvalue weighted by Crippen LogP contribution is 2.18. The fourth-order valence-electron chi connectivity index (χ4n) is 2.91. The Morgan fingerprint density at radius 1 is 1.15 bits per heavy atom. The van der Waals surface area contributed by atoms with Gasteiger partial charge in [-0.1, -0.05) is 0 Å². The Balaban J connectivity index is 1.31. The lowest BCUT2D eigenvalue weighted by molar-refractivity contribution is 0.0580. The number of aryl methyl sites for hydroxylation is 1. The maximum atomic E-state index is 12.5. The normalized spacial score (nSPS) is 14.9. The van der Waals surface area contributed by atoms with Crippen LogP contribution in [-0.2, 0) is 0 Å². The Hall–Kier alpha value is -3.36. The number of rotatable bonds is 4. The van der Waals surface area contributed by atoms with Crippen molar-refractivity contribution in [1.29, 1.82) is 0 Å². The van der Waals surface area contributed by atoms with E-state index in [2.05, 4.69) is 25.3 Å². The first kappa shape index (κ1) is 17.1. The van der Waals surface area contributed by atoms with Crippen LogP contribution in [0.4, 0.5) is 0 Å². The van der Waals surface area contributed by atoms with E-state index in [1.54, 1.807) is 34.2 Å². The van der Waals surface area contributed by atoms with Crippen molar-refractivity contribution < 1.29 is 9.53 Å². The van der Waals surface area contributed by atoms with Crippen molar-refractivity contribution in [1.82, 2.24) is 34.8 Å². The standard InChI is InChI=1S/C18H19N7O2/c1-13-11-20-15(12-19-13)18(26)24-9-5-14(6-10-24)27-17-4-3-16(22-23-17)25-8-2-7-21-25/h2-4,7-8,11-12,14H,5-6,9-10H2,1H3. The summed E-state index contributed by atoms with van der Waals surface area (Å²) in [5, 5.41) is 12.3. The van der Waals surface area contributed by atoms with Crippen LogP contribution in [0.5, 0.6) is 5.88 Å². The number of nitrogens with zero attached hydrogens (tertiary/aromatic N) is 7. The highest BCUT2D eigenvalue weighted by atomic mass is 16.5. The molecule has 0 N–H and O–H groups in total. The van der Waals surface area contributed by atoms with Crippen LogP contribution < -0.4 is 4.74 Å². The molecule has 3 aromatic heterocycles.